The fraction of sp³-hybridized carbons (Fsp3) is 0.231. The van der Waals surface area contributed by atoms with E-state index in [1.54, 1.807) is 18.3 Å². The smallest absolute Gasteiger partial charge is 0.337 e. The van der Waals surface area contributed by atoms with Crippen molar-refractivity contribution in [2.75, 3.05) is 7.11 Å². The van der Waals surface area contributed by atoms with Gasteiger partial charge in [0.2, 0.25) is 0 Å². The molecule has 0 atom stereocenters. The van der Waals surface area contributed by atoms with Crippen molar-refractivity contribution in [3.63, 3.8) is 0 Å². The highest BCUT2D eigenvalue weighted by Crippen LogP contribution is 2.24. The van der Waals surface area contributed by atoms with Crippen LogP contribution in [-0.2, 0) is 11.2 Å². The van der Waals surface area contributed by atoms with E-state index < -0.39 is 0 Å². The molecule has 0 unspecified atom stereocenters. The molecule has 4 nitrogen and oxygen atoms in total. The molecule has 88 valence electrons. The quantitative estimate of drug-likeness (QED) is 0.762. The molecule has 1 heterocycles. The maximum absolute atomic E-state index is 11.4. The van der Waals surface area contributed by atoms with Gasteiger partial charge in [0.1, 0.15) is 5.76 Å². The van der Waals surface area contributed by atoms with Crippen molar-refractivity contribution in [1.29, 1.82) is 0 Å². The van der Waals surface area contributed by atoms with Gasteiger partial charge in [0.25, 0.3) is 0 Å². The van der Waals surface area contributed by atoms with Crippen molar-refractivity contribution in [2.24, 2.45) is 0 Å². The molecule has 0 bridgehead atoms. The molecule has 0 amide bonds. The van der Waals surface area contributed by atoms with Gasteiger partial charge in [-0.3, -0.25) is 0 Å². The van der Waals surface area contributed by atoms with E-state index in [4.69, 9.17) is 4.52 Å². The topological polar surface area (TPSA) is 52.3 Å². The lowest BCUT2D eigenvalue weighted by Gasteiger charge is -2.02. The number of hydrogen-bond donors (Lipinski definition) is 0. The summed E-state index contributed by atoms with van der Waals surface area (Å²) in [6, 6.07) is 7.22. The van der Waals surface area contributed by atoms with E-state index in [1.807, 2.05) is 19.1 Å². The Kier molecular flexibility index (Phi) is 3.23. The summed E-state index contributed by atoms with van der Waals surface area (Å²) >= 11 is 0. The number of esters is 1. The van der Waals surface area contributed by atoms with Gasteiger partial charge < -0.3 is 9.26 Å². The van der Waals surface area contributed by atoms with Crippen LogP contribution in [0.2, 0.25) is 0 Å². The molecule has 2 aromatic rings. The number of ether oxygens (including phenoxy) is 1. The molecule has 4 heteroatoms. The summed E-state index contributed by atoms with van der Waals surface area (Å²) < 4.78 is 9.82. The molecule has 0 fully saturated rings. The van der Waals surface area contributed by atoms with E-state index in [1.165, 1.54) is 7.11 Å². The number of aromatic nitrogens is 1. The van der Waals surface area contributed by atoms with Gasteiger partial charge >= 0.3 is 5.97 Å². The second-order valence-electron chi connectivity index (χ2n) is 3.59. The molecular formula is C13H13NO3. The third-order valence-corrected chi connectivity index (χ3v) is 2.56. The first-order valence-corrected chi connectivity index (χ1v) is 5.38. The largest absolute Gasteiger partial charge is 0.465 e. The molecule has 0 saturated carbocycles. The van der Waals surface area contributed by atoms with Crippen LogP contribution in [0.25, 0.3) is 11.1 Å². The van der Waals surface area contributed by atoms with Crippen LogP contribution in [0, 0.1) is 0 Å². The van der Waals surface area contributed by atoms with Gasteiger partial charge in [0, 0.05) is 12.0 Å². The van der Waals surface area contributed by atoms with Crippen LogP contribution in [0.15, 0.2) is 35.0 Å². The molecule has 2 rings (SSSR count). The fourth-order valence-corrected chi connectivity index (χ4v) is 1.69. The Labute approximate surface area is 99.2 Å². The lowest BCUT2D eigenvalue weighted by Crippen LogP contribution is -2.00. The molecule has 0 saturated heterocycles. The maximum Gasteiger partial charge on any atom is 0.337 e. The Morgan fingerprint density at radius 1 is 1.47 bits per heavy atom. The number of benzene rings is 1. The number of hydrogen-bond acceptors (Lipinski definition) is 4. The van der Waals surface area contributed by atoms with Gasteiger partial charge in [0.15, 0.2) is 0 Å². The average Bonchev–Trinajstić information content (AvgIpc) is 2.86. The first kappa shape index (κ1) is 11.4. The predicted molar refractivity (Wildman–Crippen MR) is 62.7 cm³/mol. The van der Waals surface area contributed by atoms with Crippen LogP contribution in [0.4, 0.5) is 0 Å². The van der Waals surface area contributed by atoms with E-state index >= 15 is 0 Å². The van der Waals surface area contributed by atoms with Crippen molar-refractivity contribution in [1.82, 2.24) is 5.16 Å². The molecule has 0 radical (unpaired) electrons. The molecular weight excluding hydrogens is 218 g/mol. The van der Waals surface area contributed by atoms with Gasteiger partial charge in [-0.15, -0.1) is 0 Å². The van der Waals surface area contributed by atoms with E-state index in [9.17, 15) is 4.79 Å². The molecule has 1 aromatic heterocycles. The lowest BCUT2D eigenvalue weighted by atomic mass is 10.0. The summed E-state index contributed by atoms with van der Waals surface area (Å²) in [4.78, 5) is 11.4. The van der Waals surface area contributed by atoms with Crippen molar-refractivity contribution >= 4 is 5.97 Å². The van der Waals surface area contributed by atoms with Crippen molar-refractivity contribution in [3.8, 4) is 11.1 Å². The highest BCUT2D eigenvalue weighted by molar-refractivity contribution is 5.91. The second kappa shape index (κ2) is 4.82. The van der Waals surface area contributed by atoms with Crippen LogP contribution < -0.4 is 0 Å². The zero-order chi connectivity index (χ0) is 12.3. The molecule has 1 aromatic carbocycles. The first-order valence-electron chi connectivity index (χ1n) is 5.38. The minimum absolute atomic E-state index is 0.346. The van der Waals surface area contributed by atoms with Gasteiger partial charge in [-0.1, -0.05) is 24.2 Å². The predicted octanol–water partition coefficient (Wildman–Crippen LogP) is 2.69. The SMILES string of the molecule is CCc1oncc1-c1cccc(C(=O)OC)c1. The highest BCUT2D eigenvalue weighted by Gasteiger charge is 2.11. The Balaban J connectivity index is 2.43. The van der Waals surface area contributed by atoms with Crippen LogP contribution in [0.3, 0.4) is 0 Å². The Morgan fingerprint density at radius 3 is 3.00 bits per heavy atom. The molecule has 0 aliphatic carbocycles. The van der Waals surface area contributed by atoms with Gasteiger partial charge in [-0.25, -0.2) is 4.79 Å². The summed E-state index contributed by atoms with van der Waals surface area (Å²) in [5.74, 6) is 0.466. The summed E-state index contributed by atoms with van der Waals surface area (Å²) in [6.07, 6.45) is 2.42. The minimum Gasteiger partial charge on any atom is -0.465 e. The zero-order valence-electron chi connectivity index (χ0n) is 9.77. The molecule has 17 heavy (non-hydrogen) atoms. The van der Waals surface area contributed by atoms with E-state index in [0.29, 0.717) is 5.56 Å². The summed E-state index contributed by atoms with van der Waals surface area (Å²) in [5.41, 5.74) is 2.34. The van der Waals surface area contributed by atoms with Gasteiger partial charge in [0.05, 0.1) is 18.9 Å². The molecule has 0 N–H and O–H groups in total. The maximum atomic E-state index is 11.4. The summed E-state index contributed by atoms with van der Waals surface area (Å²) in [5, 5.41) is 3.77. The first-order chi connectivity index (χ1) is 8.26. The van der Waals surface area contributed by atoms with Crippen molar-refractivity contribution in [2.45, 2.75) is 13.3 Å². The monoisotopic (exact) mass is 231 g/mol. The van der Waals surface area contributed by atoms with Crippen LogP contribution in [-0.4, -0.2) is 18.2 Å². The van der Waals surface area contributed by atoms with Gasteiger partial charge in [-0.05, 0) is 17.7 Å². The summed E-state index contributed by atoms with van der Waals surface area (Å²) in [6.45, 7) is 1.99. The van der Waals surface area contributed by atoms with E-state index in [-0.39, 0.29) is 5.97 Å². The molecule has 0 aliphatic rings. The number of nitrogens with zero attached hydrogens (tertiary/aromatic N) is 1. The van der Waals surface area contributed by atoms with Gasteiger partial charge in [-0.2, -0.15) is 0 Å². The van der Waals surface area contributed by atoms with Crippen LogP contribution in [0.5, 0.6) is 0 Å². The van der Waals surface area contributed by atoms with E-state index in [0.717, 1.165) is 23.3 Å². The van der Waals surface area contributed by atoms with Crippen molar-refractivity contribution < 1.29 is 14.1 Å². The number of rotatable bonds is 3. The normalized spacial score (nSPS) is 10.2. The number of aryl methyl sites for hydroxylation is 1. The number of carbonyl (C=O) groups excluding carboxylic acids is 1. The third kappa shape index (κ3) is 2.20. The fourth-order valence-electron chi connectivity index (χ4n) is 1.69. The van der Waals surface area contributed by atoms with Crippen LogP contribution >= 0.6 is 0 Å². The molecule has 0 spiro atoms. The Morgan fingerprint density at radius 2 is 2.29 bits per heavy atom. The molecule has 0 aliphatic heterocycles. The number of methoxy groups -OCH3 is 1. The number of carbonyl (C=O) groups is 1. The minimum atomic E-state index is -0.346. The Hall–Kier alpha value is -2.10. The Bertz CT molecular complexity index is 531. The standard InChI is InChI=1S/C13H13NO3/c1-3-12-11(8-14-17-12)9-5-4-6-10(7-9)13(15)16-2/h4-8H,3H2,1-2H3. The van der Waals surface area contributed by atoms with Crippen molar-refractivity contribution in [3.05, 3.63) is 41.8 Å². The highest BCUT2D eigenvalue weighted by atomic mass is 16.5. The zero-order valence-corrected chi connectivity index (χ0v) is 9.77. The van der Waals surface area contributed by atoms with E-state index in [2.05, 4.69) is 9.89 Å². The van der Waals surface area contributed by atoms with Crippen LogP contribution in [0.1, 0.15) is 23.0 Å². The third-order valence-electron chi connectivity index (χ3n) is 2.56. The average molecular weight is 231 g/mol. The second-order valence-corrected chi connectivity index (χ2v) is 3.59. The lowest BCUT2D eigenvalue weighted by molar-refractivity contribution is 0.0601. The summed E-state index contributed by atoms with van der Waals surface area (Å²) in [7, 11) is 1.37.